The predicted octanol–water partition coefficient (Wildman–Crippen LogP) is 2.66. The maximum absolute atomic E-state index is 12.2. The van der Waals surface area contributed by atoms with E-state index in [1.165, 1.54) is 25.1 Å². The molecule has 8 nitrogen and oxygen atoms in total. The number of carbonyl (C=O) groups is 2. The summed E-state index contributed by atoms with van der Waals surface area (Å²) in [6, 6.07) is 10.8. The fraction of sp³-hybridized carbons (Fsp3) is 0.250. The predicted molar refractivity (Wildman–Crippen MR) is 106 cm³/mol. The molecule has 0 spiro atoms. The van der Waals surface area contributed by atoms with Crippen LogP contribution < -0.4 is 0 Å². The number of likely N-dealkylation sites (N-methyl/N-ethyl adjacent to an activating group) is 1. The van der Waals surface area contributed by atoms with Crippen molar-refractivity contribution in [3.63, 3.8) is 0 Å². The molecule has 0 radical (unpaired) electrons. The highest BCUT2D eigenvalue weighted by molar-refractivity contribution is 6.30. The molecule has 1 aromatic heterocycles. The summed E-state index contributed by atoms with van der Waals surface area (Å²) >= 11 is 5.93. The van der Waals surface area contributed by atoms with Crippen LogP contribution in [0.25, 0.3) is 17.3 Å². The summed E-state index contributed by atoms with van der Waals surface area (Å²) in [6.07, 6.45) is 3.24. The Kier molecular flexibility index (Phi) is 7.53. The van der Waals surface area contributed by atoms with Crippen LogP contribution in [0, 0.1) is 22.7 Å². The zero-order valence-corrected chi connectivity index (χ0v) is 16.7. The molecule has 29 heavy (non-hydrogen) atoms. The van der Waals surface area contributed by atoms with Gasteiger partial charge in [0, 0.05) is 36.4 Å². The Bertz CT molecular complexity index is 1010. The van der Waals surface area contributed by atoms with Crippen molar-refractivity contribution < 1.29 is 14.3 Å². The van der Waals surface area contributed by atoms with Crippen LogP contribution in [0.1, 0.15) is 12.0 Å². The number of benzene rings is 1. The Morgan fingerprint density at radius 2 is 1.97 bits per heavy atom. The first-order chi connectivity index (χ1) is 13.8. The summed E-state index contributed by atoms with van der Waals surface area (Å²) < 4.78 is 6.48. The number of rotatable bonds is 7. The standard InChI is InChI=1S/C20H18ClN5O3/c1-25(2)18(27)13-29-20(28)15(11-23)10-16-12-26(9-3-8-22)24-19(16)14-4-6-17(21)7-5-14/h4-7,10,12H,3,9,13H2,1-2H3/b15-10+. The molecule has 0 atom stereocenters. The van der Waals surface area contributed by atoms with Crippen LogP contribution in [0.4, 0.5) is 0 Å². The highest BCUT2D eigenvalue weighted by Gasteiger charge is 2.17. The number of nitriles is 2. The maximum Gasteiger partial charge on any atom is 0.349 e. The number of nitrogens with zero attached hydrogens (tertiary/aromatic N) is 5. The minimum atomic E-state index is -0.908. The van der Waals surface area contributed by atoms with Crippen LogP contribution >= 0.6 is 11.6 Å². The second-order valence-electron chi connectivity index (χ2n) is 6.15. The molecule has 0 aliphatic rings. The first kappa shape index (κ1) is 21.7. The number of ether oxygens (including phenoxy) is 1. The molecule has 148 valence electrons. The summed E-state index contributed by atoms with van der Waals surface area (Å²) in [5.74, 6) is -1.31. The van der Waals surface area contributed by atoms with Gasteiger partial charge in [0.1, 0.15) is 11.6 Å². The molecule has 0 aliphatic heterocycles. The van der Waals surface area contributed by atoms with E-state index in [2.05, 4.69) is 5.10 Å². The first-order valence-corrected chi connectivity index (χ1v) is 8.93. The number of hydrogen-bond donors (Lipinski definition) is 0. The Labute approximate surface area is 173 Å². The SMILES string of the molecule is CN(C)C(=O)COC(=O)/C(C#N)=C/c1cn(CCC#N)nc1-c1ccc(Cl)cc1. The molecule has 1 heterocycles. The molecule has 2 rings (SSSR count). The van der Waals surface area contributed by atoms with Crippen molar-refractivity contribution in [2.75, 3.05) is 20.7 Å². The second kappa shape index (κ2) is 10.1. The van der Waals surface area contributed by atoms with Gasteiger partial charge >= 0.3 is 5.97 Å². The van der Waals surface area contributed by atoms with Crippen LogP contribution in [-0.2, 0) is 20.9 Å². The Morgan fingerprint density at radius 1 is 1.28 bits per heavy atom. The topological polar surface area (TPSA) is 112 Å². The lowest BCUT2D eigenvalue weighted by Crippen LogP contribution is -2.27. The molecular weight excluding hydrogens is 394 g/mol. The monoisotopic (exact) mass is 411 g/mol. The van der Waals surface area contributed by atoms with E-state index >= 15 is 0 Å². The number of hydrogen-bond acceptors (Lipinski definition) is 6. The van der Waals surface area contributed by atoms with E-state index in [1.54, 1.807) is 41.2 Å². The number of halogens is 1. The minimum Gasteiger partial charge on any atom is -0.451 e. The van der Waals surface area contributed by atoms with E-state index in [0.29, 0.717) is 22.8 Å². The Hall–Kier alpha value is -3.62. The van der Waals surface area contributed by atoms with Crippen LogP contribution in [0.2, 0.25) is 5.02 Å². The number of amides is 1. The zero-order valence-electron chi connectivity index (χ0n) is 15.9. The molecule has 0 N–H and O–H groups in total. The van der Waals surface area contributed by atoms with Gasteiger partial charge in [0.15, 0.2) is 6.61 Å². The third-order valence-corrected chi connectivity index (χ3v) is 4.08. The van der Waals surface area contributed by atoms with Crippen molar-refractivity contribution >= 4 is 29.6 Å². The molecule has 0 saturated carbocycles. The first-order valence-electron chi connectivity index (χ1n) is 8.55. The molecule has 1 amide bonds. The molecule has 0 bridgehead atoms. The van der Waals surface area contributed by atoms with E-state index < -0.39 is 18.5 Å². The van der Waals surface area contributed by atoms with Gasteiger partial charge in [-0.05, 0) is 18.2 Å². The van der Waals surface area contributed by atoms with Gasteiger partial charge in [-0.25, -0.2) is 4.79 Å². The van der Waals surface area contributed by atoms with Crippen molar-refractivity contribution in [2.24, 2.45) is 0 Å². The maximum atomic E-state index is 12.2. The number of aryl methyl sites for hydroxylation is 1. The quantitative estimate of drug-likeness (QED) is 0.393. The van der Waals surface area contributed by atoms with E-state index in [1.807, 2.05) is 6.07 Å². The Morgan fingerprint density at radius 3 is 2.55 bits per heavy atom. The van der Waals surface area contributed by atoms with E-state index in [-0.39, 0.29) is 12.0 Å². The van der Waals surface area contributed by atoms with E-state index in [9.17, 15) is 14.9 Å². The summed E-state index contributed by atoms with van der Waals surface area (Å²) in [7, 11) is 3.07. The molecule has 9 heteroatoms. The van der Waals surface area contributed by atoms with Crippen LogP contribution in [0.5, 0.6) is 0 Å². The normalized spacial score (nSPS) is 10.7. The minimum absolute atomic E-state index is 0.255. The van der Waals surface area contributed by atoms with Gasteiger partial charge in [0.05, 0.1) is 24.7 Å². The van der Waals surface area contributed by atoms with E-state index in [0.717, 1.165) is 5.56 Å². The van der Waals surface area contributed by atoms with Crippen LogP contribution in [-0.4, -0.2) is 47.3 Å². The summed E-state index contributed by atoms with van der Waals surface area (Å²) in [5.41, 5.74) is 1.47. The van der Waals surface area contributed by atoms with Crippen molar-refractivity contribution in [3.05, 3.63) is 46.6 Å². The van der Waals surface area contributed by atoms with Crippen LogP contribution in [0.15, 0.2) is 36.0 Å². The van der Waals surface area contributed by atoms with E-state index in [4.69, 9.17) is 21.6 Å². The van der Waals surface area contributed by atoms with Gasteiger partial charge in [-0.15, -0.1) is 0 Å². The van der Waals surface area contributed by atoms with Gasteiger partial charge in [-0.2, -0.15) is 15.6 Å². The summed E-state index contributed by atoms with van der Waals surface area (Å²) in [4.78, 5) is 25.1. The fourth-order valence-corrected chi connectivity index (χ4v) is 2.41. The molecule has 0 fully saturated rings. The number of aromatic nitrogens is 2. The van der Waals surface area contributed by atoms with Gasteiger partial charge in [-0.3, -0.25) is 9.48 Å². The van der Waals surface area contributed by atoms with Crippen molar-refractivity contribution in [1.82, 2.24) is 14.7 Å². The molecule has 1 aromatic carbocycles. The average molecular weight is 412 g/mol. The third-order valence-electron chi connectivity index (χ3n) is 3.83. The lowest BCUT2D eigenvalue weighted by atomic mass is 10.1. The number of esters is 1. The molecule has 0 saturated heterocycles. The fourth-order valence-electron chi connectivity index (χ4n) is 2.28. The summed E-state index contributed by atoms with van der Waals surface area (Å²) in [6.45, 7) is -0.106. The second-order valence-corrected chi connectivity index (χ2v) is 6.58. The molecule has 2 aromatic rings. The molecule has 0 aliphatic carbocycles. The van der Waals surface area contributed by atoms with Crippen molar-refractivity contribution in [3.8, 4) is 23.4 Å². The third kappa shape index (κ3) is 5.93. The summed E-state index contributed by atoms with van der Waals surface area (Å²) in [5, 5.41) is 23.2. The van der Waals surface area contributed by atoms with Crippen LogP contribution in [0.3, 0.4) is 0 Å². The zero-order chi connectivity index (χ0) is 21.4. The average Bonchev–Trinajstić information content (AvgIpc) is 3.11. The smallest absolute Gasteiger partial charge is 0.349 e. The lowest BCUT2D eigenvalue weighted by molar-refractivity contribution is -0.147. The van der Waals surface area contributed by atoms with Gasteiger partial charge in [0.25, 0.3) is 5.91 Å². The van der Waals surface area contributed by atoms with Crippen molar-refractivity contribution in [2.45, 2.75) is 13.0 Å². The highest BCUT2D eigenvalue weighted by Crippen LogP contribution is 2.26. The van der Waals surface area contributed by atoms with Gasteiger partial charge in [0.2, 0.25) is 0 Å². The molecular formula is C20H18ClN5O3. The highest BCUT2D eigenvalue weighted by atomic mass is 35.5. The van der Waals surface area contributed by atoms with Gasteiger partial charge < -0.3 is 9.64 Å². The Balaban J connectivity index is 2.36. The largest absolute Gasteiger partial charge is 0.451 e. The van der Waals surface area contributed by atoms with Gasteiger partial charge in [-0.1, -0.05) is 23.7 Å². The molecule has 0 unspecified atom stereocenters. The van der Waals surface area contributed by atoms with Crippen molar-refractivity contribution in [1.29, 1.82) is 10.5 Å². The lowest BCUT2D eigenvalue weighted by Gasteiger charge is -2.09. The number of carbonyl (C=O) groups excluding carboxylic acids is 2.